The van der Waals surface area contributed by atoms with Crippen molar-refractivity contribution in [3.8, 4) is 22.4 Å². The maximum atomic E-state index is 14.1. The summed E-state index contributed by atoms with van der Waals surface area (Å²) in [6.07, 6.45) is 0.204. The summed E-state index contributed by atoms with van der Waals surface area (Å²) in [7, 11) is -3.99. The Balaban J connectivity index is 1.79. The minimum Gasteiger partial charge on any atom is -0.294 e. The highest BCUT2D eigenvalue weighted by Gasteiger charge is 2.33. The molecule has 0 amide bonds. The third-order valence-electron chi connectivity index (χ3n) is 6.51. The first kappa shape index (κ1) is 20.6. The first-order valence-electron chi connectivity index (χ1n) is 11.1. The Hall–Kier alpha value is -3.96. The van der Waals surface area contributed by atoms with Crippen LogP contribution < -0.4 is 0 Å². The fourth-order valence-corrected chi connectivity index (χ4v) is 6.47. The van der Waals surface area contributed by atoms with Crippen LogP contribution in [0.3, 0.4) is 0 Å². The number of carbonyl (C=O) groups excluding carboxylic acids is 1. The van der Waals surface area contributed by atoms with Crippen molar-refractivity contribution in [2.24, 2.45) is 0 Å². The molecule has 0 saturated carbocycles. The molecule has 0 spiro atoms. The summed E-state index contributed by atoms with van der Waals surface area (Å²) in [4.78, 5) is 13.9. The summed E-state index contributed by atoms with van der Waals surface area (Å²) in [5.41, 5.74) is 5.88. The summed E-state index contributed by atoms with van der Waals surface area (Å²) in [5.74, 6) is -0.0917. The van der Waals surface area contributed by atoms with Gasteiger partial charge in [0, 0.05) is 17.4 Å². The van der Waals surface area contributed by atoms with Crippen LogP contribution in [0.5, 0.6) is 0 Å². The van der Waals surface area contributed by atoms with Gasteiger partial charge in [0.2, 0.25) is 0 Å². The lowest BCUT2D eigenvalue weighted by Crippen LogP contribution is -2.17. The molecule has 0 aliphatic heterocycles. The van der Waals surface area contributed by atoms with Crippen molar-refractivity contribution in [3.63, 3.8) is 0 Å². The van der Waals surface area contributed by atoms with Crippen molar-refractivity contribution in [2.75, 3.05) is 0 Å². The Morgan fingerprint density at radius 2 is 1.32 bits per heavy atom. The summed E-state index contributed by atoms with van der Waals surface area (Å²) < 4.78 is 29.6. The maximum absolute atomic E-state index is 14.1. The van der Waals surface area contributed by atoms with Crippen LogP contribution in [-0.2, 0) is 16.4 Å². The SMILES string of the molecule is Cc1ccc(S(=O)(=O)n2c3c(c4ccccc42)C(=O)Cc2ccccc2-c2ccccc2-3)cc1. The third-order valence-corrected chi connectivity index (χ3v) is 8.24. The molecular weight excluding hydrogens is 442 g/mol. The molecule has 1 heterocycles. The number of ketones is 1. The van der Waals surface area contributed by atoms with Crippen LogP contribution in [0, 0.1) is 6.92 Å². The third kappa shape index (κ3) is 2.97. The molecule has 0 bridgehead atoms. The van der Waals surface area contributed by atoms with Gasteiger partial charge in [-0.25, -0.2) is 12.4 Å². The Kier molecular flexibility index (Phi) is 4.57. The highest BCUT2D eigenvalue weighted by Crippen LogP contribution is 2.44. The molecule has 1 aromatic heterocycles. The molecule has 5 heteroatoms. The van der Waals surface area contributed by atoms with Crippen LogP contribution in [0.15, 0.2) is 102 Å². The van der Waals surface area contributed by atoms with E-state index in [2.05, 4.69) is 0 Å². The normalized spacial score (nSPS) is 13.0. The smallest absolute Gasteiger partial charge is 0.268 e. The maximum Gasteiger partial charge on any atom is 0.268 e. The molecule has 0 N–H and O–H groups in total. The van der Waals surface area contributed by atoms with E-state index in [1.807, 2.05) is 73.7 Å². The van der Waals surface area contributed by atoms with Gasteiger partial charge in [-0.2, -0.15) is 0 Å². The number of rotatable bonds is 2. The number of para-hydroxylation sites is 1. The van der Waals surface area contributed by atoms with Crippen molar-refractivity contribution in [1.29, 1.82) is 0 Å². The van der Waals surface area contributed by atoms with E-state index in [9.17, 15) is 13.2 Å². The van der Waals surface area contributed by atoms with Crippen molar-refractivity contribution in [2.45, 2.75) is 18.2 Å². The lowest BCUT2D eigenvalue weighted by molar-refractivity contribution is 0.0995. The number of carbonyl (C=O) groups is 1. The number of hydrogen-bond acceptors (Lipinski definition) is 3. The molecule has 1 aliphatic carbocycles. The Morgan fingerprint density at radius 1 is 0.706 bits per heavy atom. The molecule has 0 unspecified atom stereocenters. The molecule has 0 radical (unpaired) electrons. The fraction of sp³-hybridized carbons (Fsp3) is 0.0690. The van der Waals surface area contributed by atoms with Gasteiger partial charge in [-0.3, -0.25) is 4.79 Å². The predicted octanol–water partition coefficient (Wildman–Crippen LogP) is 6.26. The van der Waals surface area contributed by atoms with Gasteiger partial charge in [0.1, 0.15) is 0 Å². The Labute approximate surface area is 198 Å². The van der Waals surface area contributed by atoms with Gasteiger partial charge >= 0.3 is 0 Å². The number of benzene rings is 4. The van der Waals surface area contributed by atoms with Crippen LogP contribution in [-0.4, -0.2) is 18.2 Å². The molecule has 6 rings (SSSR count). The number of aromatic nitrogens is 1. The van der Waals surface area contributed by atoms with Gasteiger partial charge in [0.25, 0.3) is 10.0 Å². The van der Waals surface area contributed by atoms with E-state index in [1.54, 1.807) is 30.3 Å². The van der Waals surface area contributed by atoms with Crippen LogP contribution >= 0.6 is 0 Å². The van der Waals surface area contributed by atoms with Crippen LogP contribution in [0.25, 0.3) is 33.3 Å². The van der Waals surface area contributed by atoms with E-state index < -0.39 is 10.0 Å². The summed E-state index contributed by atoms with van der Waals surface area (Å²) in [5, 5.41) is 0.646. The number of aryl methyl sites for hydroxylation is 1. The van der Waals surface area contributed by atoms with Gasteiger partial charge in [0.05, 0.1) is 21.7 Å². The van der Waals surface area contributed by atoms with Crippen molar-refractivity contribution < 1.29 is 13.2 Å². The van der Waals surface area contributed by atoms with Crippen LogP contribution in [0.4, 0.5) is 0 Å². The predicted molar refractivity (Wildman–Crippen MR) is 135 cm³/mol. The van der Waals surface area contributed by atoms with Crippen molar-refractivity contribution in [3.05, 3.63) is 114 Å². The zero-order valence-electron chi connectivity index (χ0n) is 18.5. The summed E-state index contributed by atoms with van der Waals surface area (Å²) in [6.45, 7) is 1.92. The zero-order valence-corrected chi connectivity index (χ0v) is 19.3. The highest BCUT2D eigenvalue weighted by molar-refractivity contribution is 7.90. The van der Waals surface area contributed by atoms with Gasteiger partial charge in [-0.15, -0.1) is 0 Å². The lowest BCUT2D eigenvalue weighted by atomic mass is 9.86. The monoisotopic (exact) mass is 463 g/mol. The van der Waals surface area contributed by atoms with Crippen molar-refractivity contribution >= 4 is 26.7 Å². The average molecular weight is 464 g/mol. The van der Waals surface area contributed by atoms with Gasteiger partial charge in [0.15, 0.2) is 5.78 Å². The number of fused-ring (bicyclic) bond motifs is 7. The van der Waals surface area contributed by atoms with Gasteiger partial charge < -0.3 is 0 Å². The number of nitrogens with zero attached hydrogens (tertiary/aromatic N) is 1. The van der Waals surface area contributed by atoms with Crippen LogP contribution in [0.2, 0.25) is 0 Å². The second-order valence-electron chi connectivity index (χ2n) is 8.63. The second kappa shape index (κ2) is 7.54. The first-order valence-corrected chi connectivity index (χ1v) is 12.6. The molecule has 0 atom stereocenters. The van der Waals surface area contributed by atoms with E-state index in [4.69, 9.17) is 0 Å². The van der Waals surface area contributed by atoms with Crippen LogP contribution in [0.1, 0.15) is 21.5 Å². The minimum atomic E-state index is -3.99. The standard InChI is InChI=1S/C29H21NO3S/c1-19-14-16-21(17-15-19)34(32,33)30-26-13-7-6-12-25(26)28-27(31)18-20-8-2-3-9-22(20)23-10-4-5-11-24(23)29(28)30/h2-17H,18H2,1H3. The van der Waals surface area contributed by atoms with Gasteiger partial charge in [-0.1, -0.05) is 84.4 Å². The van der Waals surface area contributed by atoms with E-state index in [0.29, 0.717) is 22.2 Å². The second-order valence-corrected chi connectivity index (χ2v) is 10.4. The Bertz CT molecular complexity index is 1710. The lowest BCUT2D eigenvalue weighted by Gasteiger charge is -2.20. The average Bonchev–Trinajstić information content (AvgIpc) is 3.20. The molecule has 0 fully saturated rings. The zero-order chi connectivity index (χ0) is 23.4. The molecule has 0 saturated heterocycles. The number of Topliss-reactive ketones (excluding diaryl/α,β-unsaturated/α-hetero) is 1. The molecule has 4 aromatic carbocycles. The molecule has 1 aliphatic rings. The van der Waals surface area contributed by atoms with E-state index in [0.717, 1.165) is 27.8 Å². The summed E-state index contributed by atoms with van der Waals surface area (Å²) in [6, 6.07) is 29.7. The highest BCUT2D eigenvalue weighted by atomic mass is 32.2. The largest absolute Gasteiger partial charge is 0.294 e. The quantitative estimate of drug-likeness (QED) is 0.310. The molecule has 166 valence electrons. The molecule has 5 aromatic rings. The Morgan fingerprint density at radius 3 is 2.09 bits per heavy atom. The first-order chi connectivity index (χ1) is 16.5. The molecule has 4 nitrogen and oxygen atoms in total. The topological polar surface area (TPSA) is 56.1 Å². The molecular formula is C29H21NO3S. The fourth-order valence-electron chi connectivity index (χ4n) is 4.93. The van der Waals surface area contributed by atoms with E-state index in [-0.39, 0.29) is 17.1 Å². The van der Waals surface area contributed by atoms with E-state index >= 15 is 0 Å². The minimum absolute atomic E-state index is 0.0917. The van der Waals surface area contributed by atoms with Gasteiger partial charge in [-0.05, 0) is 41.8 Å². The molecule has 34 heavy (non-hydrogen) atoms. The summed E-state index contributed by atoms with van der Waals surface area (Å²) >= 11 is 0. The number of hydrogen-bond donors (Lipinski definition) is 0. The van der Waals surface area contributed by atoms with Crippen molar-refractivity contribution in [1.82, 2.24) is 3.97 Å². The van der Waals surface area contributed by atoms with E-state index in [1.165, 1.54) is 3.97 Å².